The molecule has 0 bridgehead atoms. The van der Waals surface area contributed by atoms with Gasteiger partial charge in [-0.1, -0.05) is 13.8 Å². The molecule has 0 aliphatic rings. The Morgan fingerprint density at radius 2 is 0.534 bits per heavy atom. The van der Waals surface area contributed by atoms with Crippen LogP contribution in [0.15, 0.2) is 0 Å². The van der Waals surface area contributed by atoms with Crippen LogP contribution in [-0.2, 0) is 9.53 Å². The molecule has 34 heteroatoms. The van der Waals surface area contributed by atoms with Crippen molar-refractivity contribution < 1.29 is 150 Å². The Morgan fingerprint density at radius 3 is 0.707 bits per heavy atom. The number of alkyl halides is 32. The lowest BCUT2D eigenvalue weighted by Gasteiger charge is -2.46. The minimum atomic E-state index is -10.1. The lowest BCUT2D eigenvalue weighted by molar-refractivity contribution is -0.487. The van der Waals surface area contributed by atoms with Crippen molar-refractivity contribution in [3.63, 3.8) is 0 Å². The summed E-state index contributed by atoms with van der Waals surface area (Å²) in [6.45, 7) is -6.02. The van der Waals surface area contributed by atoms with Crippen LogP contribution in [0.5, 0.6) is 0 Å². The predicted octanol–water partition coefficient (Wildman–Crippen LogP) is 12.1. The van der Waals surface area contributed by atoms with E-state index in [4.69, 9.17) is 0 Å². The van der Waals surface area contributed by atoms with Gasteiger partial charge in [0, 0.05) is 0 Å². The number of ether oxygens (including phenoxy) is 1. The molecule has 0 unspecified atom stereocenters. The number of hydrogen-bond donors (Lipinski definition) is 0. The second-order valence-electron chi connectivity index (χ2n) is 11.1. The van der Waals surface area contributed by atoms with E-state index in [1.165, 1.54) is 0 Å². The van der Waals surface area contributed by atoms with Crippen LogP contribution in [0.2, 0.25) is 0 Å². The zero-order valence-corrected chi connectivity index (χ0v) is 27.3. The van der Waals surface area contributed by atoms with Crippen molar-refractivity contribution in [2.75, 3.05) is 20.5 Å². The largest absolute Gasteiger partial charge is 0.459 e. The molecule has 0 atom stereocenters. The van der Waals surface area contributed by atoms with E-state index < -0.39 is 127 Å². The van der Waals surface area contributed by atoms with Gasteiger partial charge in [-0.15, -0.1) is 0 Å². The van der Waals surface area contributed by atoms with Gasteiger partial charge in [0.1, 0.15) is 0 Å². The van der Waals surface area contributed by atoms with Gasteiger partial charge in [0.25, 0.3) is 0 Å². The summed E-state index contributed by atoms with van der Waals surface area (Å²) in [5.41, 5.74) is 0. The maximum atomic E-state index is 14.0. The molecule has 0 spiro atoms. The van der Waals surface area contributed by atoms with Crippen molar-refractivity contribution in [1.29, 1.82) is 0 Å². The third-order valence-corrected chi connectivity index (χ3v) is 7.53. The first-order chi connectivity index (χ1) is 25.0. The molecule has 0 aromatic heterocycles. The van der Waals surface area contributed by atoms with Crippen molar-refractivity contribution in [3.05, 3.63) is 0 Å². The lowest BCUT2D eigenvalue weighted by Crippen LogP contribution is -2.79. The van der Waals surface area contributed by atoms with Crippen molar-refractivity contribution in [3.8, 4) is 0 Å². The Kier molecular flexibility index (Phi) is 15.7. The first-order valence-electron chi connectivity index (χ1n) is 13.7. The lowest BCUT2D eigenvalue weighted by atomic mass is 9.83. The molecule has 58 heavy (non-hydrogen) atoms. The van der Waals surface area contributed by atoms with Gasteiger partial charge < -0.3 is 4.74 Å². The summed E-state index contributed by atoms with van der Waals surface area (Å²) in [7, 11) is 0.500. The molecule has 0 radical (unpaired) electrons. The van der Waals surface area contributed by atoms with Gasteiger partial charge in [0.05, 0.1) is 13.1 Å². The van der Waals surface area contributed by atoms with E-state index >= 15 is 0 Å². The molecule has 0 aromatic carbocycles. The van der Waals surface area contributed by atoms with Crippen LogP contribution in [0, 0.1) is 5.92 Å². The maximum Gasteiger partial charge on any atom is 0.385 e. The molecular formula is C24H18F32O2. The van der Waals surface area contributed by atoms with E-state index in [-0.39, 0.29) is 0 Å². The standard InChI is InChI=1S/C23H15F31O2.CH3F/c1-3-7(4-2)8(55)56-6-10(27,28)12(31,32)14(35,36)16(39,40)18(43,44)20(47,48)22(51,52)23(53,54)21(49,50)19(45,46)17(41,42)15(37,38)13(33,34)11(29,30)9(25,26)5-24;1-2/h7H,3-6H2,1-2H3;1H3. The van der Waals surface area contributed by atoms with Gasteiger partial charge in [-0.05, 0) is 12.8 Å². The third kappa shape index (κ3) is 7.38. The van der Waals surface area contributed by atoms with Gasteiger partial charge in [0.15, 0.2) is 13.3 Å². The average molecular weight is 946 g/mol. The normalized spacial score (nSPS) is 16.0. The molecule has 0 saturated heterocycles. The molecule has 0 aliphatic heterocycles. The van der Waals surface area contributed by atoms with Crippen LogP contribution in [0.25, 0.3) is 0 Å². The van der Waals surface area contributed by atoms with Crippen molar-refractivity contribution in [1.82, 2.24) is 0 Å². The van der Waals surface area contributed by atoms with E-state index in [1.807, 2.05) is 0 Å². The van der Waals surface area contributed by atoms with E-state index in [0.717, 1.165) is 13.8 Å². The fourth-order valence-electron chi connectivity index (χ4n) is 3.70. The van der Waals surface area contributed by atoms with E-state index in [0.29, 0.717) is 7.18 Å². The third-order valence-electron chi connectivity index (χ3n) is 7.53. The van der Waals surface area contributed by atoms with Gasteiger partial charge in [-0.3, -0.25) is 9.18 Å². The van der Waals surface area contributed by atoms with Gasteiger partial charge in [0.2, 0.25) is 0 Å². The molecule has 350 valence electrons. The van der Waals surface area contributed by atoms with Crippen LogP contribution in [0.3, 0.4) is 0 Å². The smallest absolute Gasteiger partial charge is 0.385 e. The van der Waals surface area contributed by atoms with Crippen LogP contribution < -0.4 is 0 Å². The number of carbonyl (C=O) groups is 1. The first kappa shape index (κ1) is 57.3. The van der Waals surface area contributed by atoms with E-state index in [9.17, 15) is 145 Å². The summed E-state index contributed by atoms with van der Waals surface area (Å²) in [5.74, 6) is -143. The molecule has 0 heterocycles. The summed E-state index contributed by atoms with van der Waals surface area (Å²) >= 11 is 0. The monoisotopic (exact) mass is 946 g/mol. The summed E-state index contributed by atoms with van der Waals surface area (Å²) in [6, 6.07) is 0. The molecule has 0 saturated carbocycles. The molecule has 0 aliphatic carbocycles. The number of rotatable bonds is 20. The quantitative estimate of drug-likeness (QED) is 0.0898. The molecule has 0 amide bonds. The number of hydrogen-bond acceptors (Lipinski definition) is 2. The summed E-state index contributed by atoms with van der Waals surface area (Å²) in [4.78, 5) is 11.5. The van der Waals surface area contributed by atoms with Crippen molar-refractivity contribution in [2.45, 2.75) is 116 Å². The molecule has 2 nitrogen and oxygen atoms in total. The second kappa shape index (κ2) is 15.9. The zero-order valence-electron chi connectivity index (χ0n) is 27.3. The van der Waals surface area contributed by atoms with E-state index in [2.05, 4.69) is 4.74 Å². The summed E-state index contributed by atoms with van der Waals surface area (Å²) in [5, 5.41) is 0. The Hall–Kier alpha value is -2.77. The molecule has 0 fully saturated rings. The van der Waals surface area contributed by atoms with Crippen molar-refractivity contribution >= 4 is 5.97 Å². The van der Waals surface area contributed by atoms with E-state index in [1.54, 1.807) is 0 Å². The van der Waals surface area contributed by atoms with Crippen LogP contribution in [0.4, 0.5) is 140 Å². The Morgan fingerprint density at radius 1 is 0.362 bits per heavy atom. The van der Waals surface area contributed by atoms with Gasteiger partial charge in [-0.25, -0.2) is 4.39 Å². The van der Waals surface area contributed by atoms with Crippen molar-refractivity contribution in [2.24, 2.45) is 5.92 Å². The molecular weight excluding hydrogens is 928 g/mol. The topological polar surface area (TPSA) is 26.3 Å². The fraction of sp³-hybridized carbons (Fsp3) is 0.958. The second-order valence-corrected chi connectivity index (χ2v) is 11.1. The predicted molar refractivity (Wildman–Crippen MR) is 122 cm³/mol. The fourth-order valence-corrected chi connectivity index (χ4v) is 3.70. The zero-order chi connectivity index (χ0) is 48.2. The first-order valence-corrected chi connectivity index (χ1v) is 13.7. The molecule has 0 rings (SSSR count). The Bertz CT molecular complexity index is 1390. The highest BCUT2D eigenvalue weighted by Gasteiger charge is 3.01. The summed E-state index contributed by atoms with van der Waals surface area (Å²) < 4.78 is 438. The van der Waals surface area contributed by atoms with Crippen LogP contribution >= 0.6 is 0 Å². The minimum absolute atomic E-state index is 0.474. The highest BCUT2D eigenvalue weighted by molar-refractivity contribution is 5.72. The highest BCUT2D eigenvalue weighted by Crippen LogP contribution is 2.69. The number of esters is 1. The number of halogens is 32. The maximum absolute atomic E-state index is 14.0. The van der Waals surface area contributed by atoms with Crippen LogP contribution in [0.1, 0.15) is 26.7 Å². The van der Waals surface area contributed by atoms with Gasteiger partial charge in [-0.2, -0.15) is 132 Å². The molecule has 0 aromatic rings. The Balaban J connectivity index is 0. The molecule has 0 N–H and O–H groups in total. The highest BCUT2D eigenvalue weighted by atomic mass is 19.4. The SMILES string of the molecule is CCC(CC)C(=O)OCC(F)(F)C(F)(F)C(F)(F)C(F)(F)C(F)(F)C(F)(F)C(F)(F)C(F)(F)C(F)(F)C(F)(F)C(F)(F)C(F)(F)C(F)(F)C(F)(F)C(F)(F)CF.CF. The minimum Gasteiger partial charge on any atom is -0.459 e. The Labute approximate surface area is 299 Å². The average Bonchev–Trinajstić information content (AvgIpc) is 3.07. The summed E-state index contributed by atoms with van der Waals surface area (Å²) in [6.07, 6.45) is -0.947. The van der Waals surface area contributed by atoms with Crippen LogP contribution in [-0.4, -0.2) is 115 Å². The number of carbonyl (C=O) groups excluding carboxylic acids is 1. The van der Waals surface area contributed by atoms with Gasteiger partial charge >= 0.3 is 94.8 Å².